The molecule has 1 aliphatic rings. The largest absolute Gasteiger partial charge is 0.504 e. The van der Waals surface area contributed by atoms with Crippen molar-refractivity contribution in [3.05, 3.63) is 47.7 Å². The third-order valence-electron chi connectivity index (χ3n) is 5.50. The average molecular weight is 415 g/mol. The number of hydrogen-bond acceptors (Lipinski definition) is 8. The van der Waals surface area contributed by atoms with Crippen LogP contribution < -0.4 is 14.2 Å². The van der Waals surface area contributed by atoms with Gasteiger partial charge in [-0.1, -0.05) is 12.1 Å². The third kappa shape index (κ3) is 4.49. The first-order valence-corrected chi connectivity index (χ1v) is 9.84. The summed E-state index contributed by atoms with van der Waals surface area (Å²) in [7, 11) is 4.55. The zero-order chi connectivity index (χ0) is 21.7. The molecule has 1 aromatic carbocycles. The highest BCUT2D eigenvalue weighted by Crippen LogP contribution is 2.38. The number of aromatic hydroxyl groups is 1. The van der Waals surface area contributed by atoms with E-state index < -0.39 is 5.60 Å². The SMILES string of the molecule is C=CCc1cc(CN2CCC(O)(c3cnc(OC)nc3OC)CC2)cc(OC)c1O. The Bertz CT molecular complexity index is 895. The zero-order valence-electron chi connectivity index (χ0n) is 17.7. The van der Waals surface area contributed by atoms with Gasteiger partial charge in [-0.25, -0.2) is 4.98 Å². The number of benzene rings is 1. The fourth-order valence-corrected chi connectivity index (χ4v) is 3.82. The predicted octanol–water partition coefficient (Wildman–Crippen LogP) is 2.42. The molecule has 2 N–H and O–H groups in total. The first kappa shape index (κ1) is 21.9. The molecule has 0 amide bonds. The van der Waals surface area contributed by atoms with E-state index in [9.17, 15) is 10.2 Å². The number of likely N-dealkylation sites (tertiary alicyclic amines) is 1. The molecule has 0 aliphatic carbocycles. The number of phenolic OH excluding ortho intramolecular Hbond substituents is 1. The van der Waals surface area contributed by atoms with Gasteiger partial charge in [-0.05, 0) is 30.9 Å². The van der Waals surface area contributed by atoms with Gasteiger partial charge in [-0.15, -0.1) is 6.58 Å². The summed E-state index contributed by atoms with van der Waals surface area (Å²) < 4.78 is 15.7. The number of aliphatic hydroxyl groups is 1. The van der Waals surface area contributed by atoms with Gasteiger partial charge in [-0.2, -0.15) is 4.98 Å². The van der Waals surface area contributed by atoms with Crippen LogP contribution in [0.4, 0.5) is 0 Å². The normalized spacial score (nSPS) is 16.1. The fourth-order valence-electron chi connectivity index (χ4n) is 3.82. The number of hydrogen-bond donors (Lipinski definition) is 2. The number of phenols is 1. The van der Waals surface area contributed by atoms with Crippen LogP contribution in [0, 0.1) is 0 Å². The maximum absolute atomic E-state index is 11.2. The van der Waals surface area contributed by atoms with E-state index in [1.807, 2.05) is 12.1 Å². The lowest BCUT2D eigenvalue weighted by Crippen LogP contribution is -2.42. The average Bonchev–Trinajstić information content (AvgIpc) is 2.77. The van der Waals surface area contributed by atoms with Crippen LogP contribution in [0.2, 0.25) is 0 Å². The second-order valence-electron chi connectivity index (χ2n) is 7.39. The van der Waals surface area contributed by atoms with Crippen molar-refractivity contribution in [3.63, 3.8) is 0 Å². The summed E-state index contributed by atoms with van der Waals surface area (Å²) in [6.45, 7) is 5.81. The topological polar surface area (TPSA) is 97.2 Å². The van der Waals surface area contributed by atoms with E-state index in [-0.39, 0.29) is 11.8 Å². The lowest BCUT2D eigenvalue weighted by Gasteiger charge is -2.38. The minimum atomic E-state index is -1.06. The van der Waals surface area contributed by atoms with Crippen molar-refractivity contribution in [3.8, 4) is 23.4 Å². The molecule has 30 heavy (non-hydrogen) atoms. The fraction of sp³-hybridized carbons (Fsp3) is 0.455. The summed E-state index contributed by atoms with van der Waals surface area (Å²) in [6, 6.07) is 4.03. The molecule has 0 unspecified atom stereocenters. The number of rotatable bonds is 8. The van der Waals surface area contributed by atoms with Crippen LogP contribution >= 0.6 is 0 Å². The van der Waals surface area contributed by atoms with E-state index in [1.165, 1.54) is 14.2 Å². The molecule has 0 spiro atoms. The van der Waals surface area contributed by atoms with Gasteiger partial charge < -0.3 is 24.4 Å². The standard InChI is InChI=1S/C22H29N3O5/c1-5-6-16-11-15(12-18(28-2)19(16)26)14-25-9-7-22(27,8-10-25)17-13-23-21(30-4)24-20(17)29-3/h5,11-13,26-27H,1,6-10,14H2,2-4H3. The van der Waals surface area contributed by atoms with Gasteiger partial charge in [-0.3, -0.25) is 4.90 Å². The number of piperidine rings is 1. The Morgan fingerprint density at radius 1 is 1.17 bits per heavy atom. The summed E-state index contributed by atoms with van der Waals surface area (Å²) in [5, 5.41) is 21.5. The molecule has 0 saturated carbocycles. The first-order valence-electron chi connectivity index (χ1n) is 9.84. The van der Waals surface area contributed by atoms with Crippen molar-refractivity contribution in [2.24, 2.45) is 0 Å². The second kappa shape index (κ2) is 9.32. The molecule has 2 aromatic rings. The predicted molar refractivity (Wildman–Crippen MR) is 112 cm³/mol. The summed E-state index contributed by atoms with van der Waals surface area (Å²) in [4.78, 5) is 10.6. The highest BCUT2D eigenvalue weighted by atomic mass is 16.5. The Hall–Kier alpha value is -2.84. The smallest absolute Gasteiger partial charge is 0.319 e. The van der Waals surface area contributed by atoms with Crippen LogP contribution in [0.25, 0.3) is 0 Å². The maximum Gasteiger partial charge on any atom is 0.319 e. The monoisotopic (exact) mass is 415 g/mol. The molecule has 1 aromatic heterocycles. The number of allylic oxidation sites excluding steroid dienone is 1. The molecule has 0 radical (unpaired) electrons. The van der Waals surface area contributed by atoms with Gasteiger partial charge in [0.25, 0.3) is 0 Å². The van der Waals surface area contributed by atoms with Crippen molar-refractivity contribution in [1.29, 1.82) is 0 Å². The summed E-state index contributed by atoms with van der Waals surface area (Å²) in [5.41, 5.74) is 1.34. The van der Waals surface area contributed by atoms with E-state index in [0.717, 1.165) is 11.1 Å². The summed E-state index contributed by atoms with van der Waals surface area (Å²) >= 11 is 0. The molecular formula is C22H29N3O5. The van der Waals surface area contributed by atoms with Crippen LogP contribution in [0.1, 0.15) is 29.5 Å². The Morgan fingerprint density at radius 3 is 2.50 bits per heavy atom. The second-order valence-corrected chi connectivity index (χ2v) is 7.39. The van der Waals surface area contributed by atoms with E-state index in [1.54, 1.807) is 19.4 Å². The summed E-state index contributed by atoms with van der Waals surface area (Å²) in [6.07, 6.45) is 4.94. The summed E-state index contributed by atoms with van der Waals surface area (Å²) in [5.74, 6) is 0.939. The molecule has 2 heterocycles. The van der Waals surface area contributed by atoms with E-state index >= 15 is 0 Å². The van der Waals surface area contributed by atoms with Crippen molar-refractivity contribution < 1.29 is 24.4 Å². The number of ether oxygens (including phenoxy) is 3. The van der Waals surface area contributed by atoms with Crippen molar-refractivity contribution in [2.45, 2.75) is 31.4 Å². The minimum Gasteiger partial charge on any atom is -0.504 e. The Kier molecular flexibility index (Phi) is 6.79. The third-order valence-corrected chi connectivity index (χ3v) is 5.50. The van der Waals surface area contributed by atoms with E-state index in [0.29, 0.717) is 56.1 Å². The molecule has 3 rings (SSSR count). The van der Waals surface area contributed by atoms with Gasteiger partial charge in [0.05, 0.1) is 32.5 Å². The first-order chi connectivity index (χ1) is 14.4. The van der Waals surface area contributed by atoms with Crippen LogP contribution in [-0.2, 0) is 18.6 Å². The van der Waals surface area contributed by atoms with E-state index in [2.05, 4.69) is 21.4 Å². The molecule has 0 atom stereocenters. The van der Waals surface area contributed by atoms with Gasteiger partial charge in [0.1, 0.15) is 0 Å². The maximum atomic E-state index is 11.2. The lowest BCUT2D eigenvalue weighted by atomic mass is 9.85. The number of methoxy groups -OCH3 is 3. The molecule has 8 heteroatoms. The van der Waals surface area contributed by atoms with Crippen molar-refractivity contribution in [2.75, 3.05) is 34.4 Å². The molecule has 8 nitrogen and oxygen atoms in total. The molecule has 1 aliphatic heterocycles. The molecule has 0 bridgehead atoms. The van der Waals surface area contributed by atoms with Crippen LogP contribution in [0.5, 0.6) is 23.4 Å². The highest BCUT2D eigenvalue weighted by molar-refractivity contribution is 5.49. The minimum absolute atomic E-state index is 0.153. The molecule has 162 valence electrons. The van der Waals surface area contributed by atoms with Gasteiger partial charge in [0, 0.05) is 31.4 Å². The van der Waals surface area contributed by atoms with E-state index in [4.69, 9.17) is 14.2 Å². The van der Waals surface area contributed by atoms with Gasteiger partial charge >= 0.3 is 6.01 Å². The number of nitrogens with zero attached hydrogens (tertiary/aromatic N) is 3. The highest BCUT2D eigenvalue weighted by Gasteiger charge is 2.37. The van der Waals surface area contributed by atoms with Crippen molar-refractivity contribution in [1.82, 2.24) is 14.9 Å². The Labute approximate surface area is 176 Å². The van der Waals surface area contributed by atoms with Crippen LogP contribution in [0.15, 0.2) is 31.0 Å². The van der Waals surface area contributed by atoms with Crippen molar-refractivity contribution >= 4 is 0 Å². The quantitative estimate of drug-likeness (QED) is 0.635. The number of aromatic nitrogens is 2. The molecule has 1 saturated heterocycles. The Balaban J connectivity index is 1.73. The van der Waals surface area contributed by atoms with Gasteiger partial charge in [0.2, 0.25) is 5.88 Å². The zero-order valence-corrected chi connectivity index (χ0v) is 17.7. The van der Waals surface area contributed by atoms with Crippen LogP contribution in [-0.4, -0.2) is 59.5 Å². The van der Waals surface area contributed by atoms with Gasteiger partial charge in [0.15, 0.2) is 11.5 Å². The molecule has 1 fully saturated rings. The molecular weight excluding hydrogens is 386 g/mol. The van der Waals surface area contributed by atoms with Crippen LogP contribution in [0.3, 0.4) is 0 Å². The Morgan fingerprint density at radius 2 is 1.90 bits per heavy atom. The lowest BCUT2D eigenvalue weighted by molar-refractivity contribution is -0.0300.